The van der Waals surface area contributed by atoms with E-state index >= 15 is 0 Å². The molecule has 0 saturated heterocycles. The second-order valence-electron chi connectivity index (χ2n) is 2.95. The molecule has 0 aromatic rings. The monoisotopic (exact) mass is 150 g/mol. The lowest BCUT2D eigenvalue weighted by Crippen LogP contribution is -2.25. The Bertz CT molecular complexity index is 94.9. The van der Waals surface area contributed by atoms with Crippen molar-refractivity contribution in [2.45, 2.75) is 37.7 Å². The second kappa shape index (κ2) is 2.87. The van der Waals surface area contributed by atoms with Crippen LogP contribution in [0, 0.1) is 5.92 Å². The van der Waals surface area contributed by atoms with Crippen LogP contribution >= 0.6 is 11.6 Å². The molecule has 0 nitrogen and oxygen atoms in total. The van der Waals surface area contributed by atoms with Crippen molar-refractivity contribution in [1.82, 2.24) is 0 Å². The van der Waals surface area contributed by atoms with Crippen molar-refractivity contribution >= 4 is 11.6 Å². The van der Waals surface area contributed by atoms with Gasteiger partial charge in [-0.3, -0.25) is 0 Å². The van der Waals surface area contributed by atoms with Gasteiger partial charge < -0.3 is 0 Å². The van der Waals surface area contributed by atoms with Gasteiger partial charge in [0.1, 0.15) is 6.17 Å². The minimum absolute atomic E-state index is 0.207. The maximum Gasteiger partial charge on any atom is 0.117 e. The molecule has 1 aliphatic carbocycles. The van der Waals surface area contributed by atoms with E-state index in [0.717, 1.165) is 12.8 Å². The third-order valence-corrected chi connectivity index (χ3v) is 2.45. The maximum absolute atomic E-state index is 12.7. The van der Waals surface area contributed by atoms with Gasteiger partial charge in [0.05, 0.1) is 5.38 Å². The first-order valence-electron chi connectivity index (χ1n) is 3.48. The first kappa shape index (κ1) is 7.33. The Hall–Kier alpha value is 0.220. The largest absolute Gasteiger partial charge is 0.246 e. The van der Waals surface area contributed by atoms with Gasteiger partial charge in [0.15, 0.2) is 0 Å². The SMILES string of the molecule is C[C@H]1CCC(Cl)[C@@H](F)C1. The fourth-order valence-electron chi connectivity index (χ4n) is 1.27. The highest BCUT2D eigenvalue weighted by Gasteiger charge is 2.26. The topological polar surface area (TPSA) is 0 Å². The van der Waals surface area contributed by atoms with Crippen molar-refractivity contribution in [3.63, 3.8) is 0 Å². The predicted molar refractivity (Wildman–Crippen MR) is 37.6 cm³/mol. The maximum atomic E-state index is 12.7. The Morgan fingerprint density at radius 1 is 1.44 bits per heavy atom. The van der Waals surface area contributed by atoms with Crippen LogP contribution in [0.1, 0.15) is 26.2 Å². The number of alkyl halides is 2. The molecule has 1 aliphatic rings. The molecule has 0 spiro atoms. The van der Waals surface area contributed by atoms with Gasteiger partial charge in [-0.15, -0.1) is 11.6 Å². The first-order valence-corrected chi connectivity index (χ1v) is 3.92. The number of rotatable bonds is 0. The van der Waals surface area contributed by atoms with E-state index in [1.54, 1.807) is 0 Å². The Morgan fingerprint density at radius 3 is 2.56 bits per heavy atom. The average molecular weight is 151 g/mol. The summed E-state index contributed by atoms with van der Waals surface area (Å²) in [6.45, 7) is 2.08. The van der Waals surface area contributed by atoms with Crippen LogP contribution in [0.15, 0.2) is 0 Å². The quantitative estimate of drug-likeness (QED) is 0.466. The molecule has 1 unspecified atom stereocenters. The molecule has 9 heavy (non-hydrogen) atoms. The molecular weight excluding hydrogens is 139 g/mol. The molecular formula is C7H12ClF. The zero-order chi connectivity index (χ0) is 6.85. The van der Waals surface area contributed by atoms with Crippen LogP contribution in [0.25, 0.3) is 0 Å². The third kappa shape index (κ3) is 1.82. The zero-order valence-electron chi connectivity index (χ0n) is 5.61. The molecule has 0 heterocycles. The van der Waals surface area contributed by atoms with Crippen molar-refractivity contribution in [2.24, 2.45) is 5.92 Å². The molecule has 0 bridgehead atoms. The molecule has 0 N–H and O–H groups in total. The van der Waals surface area contributed by atoms with Crippen LogP contribution in [-0.2, 0) is 0 Å². The van der Waals surface area contributed by atoms with Gasteiger partial charge in [-0.2, -0.15) is 0 Å². The summed E-state index contributed by atoms with van der Waals surface area (Å²) < 4.78 is 12.7. The summed E-state index contributed by atoms with van der Waals surface area (Å²) in [5.41, 5.74) is 0. The van der Waals surface area contributed by atoms with E-state index < -0.39 is 6.17 Å². The lowest BCUT2D eigenvalue weighted by Gasteiger charge is -2.25. The Kier molecular flexibility index (Phi) is 2.34. The lowest BCUT2D eigenvalue weighted by molar-refractivity contribution is 0.213. The van der Waals surface area contributed by atoms with E-state index in [9.17, 15) is 4.39 Å². The van der Waals surface area contributed by atoms with Gasteiger partial charge >= 0.3 is 0 Å². The molecule has 0 radical (unpaired) electrons. The van der Waals surface area contributed by atoms with Crippen molar-refractivity contribution < 1.29 is 4.39 Å². The summed E-state index contributed by atoms with van der Waals surface area (Å²) in [4.78, 5) is 0. The summed E-state index contributed by atoms with van der Waals surface area (Å²) in [5.74, 6) is 0.537. The highest BCUT2D eigenvalue weighted by Crippen LogP contribution is 2.29. The van der Waals surface area contributed by atoms with Gasteiger partial charge in [0.2, 0.25) is 0 Å². The number of hydrogen-bond donors (Lipinski definition) is 0. The van der Waals surface area contributed by atoms with Crippen LogP contribution in [0.4, 0.5) is 4.39 Å². The van der Waals surface area contributed by atoms with E-state index in [1.165, 1.54) is 0 Å². The molecule has 1 saturated carbocycles. The Labute approximate surface area is 60.4 Å². The van der Waals surface area contributed by atoms with E-state index in [0.29, 0.717) is 12.3 Å². The molecule has 1 rings (SSSR count). The van der Waals surface area contributed by atoms with Gasteiger partial charge in [0.25, 0.3) is 0 Å². The van der Waals surface area contributed by atoms with E-state index in [2.05, 4.69) is 6.92 Å². The predicted octanol–water partition coefficient (Wildman–Crippen LogP) is 2.75. The molecule has 3 atom stereocenters. The molecule has 2 heteroatoms. The van der Waals surface area contributed by atoms with E-state index in [1.807, 2.05) is 0 Å². The Balaban J connectivity index is 2.35. The van der Waals surface area contributed by atoms with E-state index in [4.69, 9.17) is 11.6 Å². The summed E-state index contributed by atoms with van der Waals surface area (Å²) in [6, 6.07) is 0. The minimum Gasteiger partial charge on any atom is -0.246 e. The van der Waals surface area contributed by atoms with Crippen LogP contribution < -0.4 is 0 Å². The van der Waals surface area contributed by atoms with Crippen molar-refractivity contribution in [2.75, 3.05) is 0 Å². The smallest absolute Gasteiger partial charge is 0.117 e. The molecule has 54 valence electrons. The summed E-state index contributed by atoms with van der Waals surface area (Å²) >= 11 is 5.66. The molecule has 0 aromatic heterocycles. The fourth-order valence-corrected chi connectivity index (χ4v) is 1.50. The first-order chi connectivity index (χ1) is 4.20. The van der Waals surface area contributed by atoms with Gasteiger partial charge in [-0.25, -0.2) is 4.39 Å². The average Bonchev–Trinajstić information content (AvgIpc) is 1.80. The highest BCUT2D eigenvalue weighted by atomic mass is 35.5. The van der Waals surface area contributed by atoms with Gasteiger partial charge in [0, 0.05) is 0 Å². The standard InChI is InChI=1S/C7H12ClF/c1-5-2-3-6(8)7(9)4-5/h5-7H,2-4H2,1H3/t5-,6?,7-/m0/s1. The van der Waals surface area contributed by atoms with Gasteiger partial charge in [-0.05, 0) is 25.2 Å². The summed E-state index contributed by atoms with van der Waals surface area (Å²) in [5, 5.41) is -0.207. The number of hydrogen-bond acceptors (Lipinski definition) is 0. The number of halogens is 2. The summed E-state index contributed by atoms with van der Waals surface area (Å²) in [7, 11) is 0. The third-order valence-electron chi connectivity index (χ3n) is 1.96. The zero-order valence-corrected chi connectivity index (χ0v) is 6.37. The van der Waals surface area contributed by atoms with Crippen LogP contribution in [0.5, 0.6) is 0 Å². The summed E-state index contributed by atoms with van der Waals surface area (Å²) in [6.07, 6.45) is 1.85. The van der Waals surface area contributed by atoms with Crippen LogP contribution in [0.3, 0.4) is 0 Å². The van der Waals surface area contributed by atoms with Crippen molar-refractivity contribution in [3.05, 3.63) is 0 Å². The van der Waals surface area contributed by atoms with Crippen LogP contribution in [-0.4, -0.2) is 11.5 Å². The van der Waals surface area contributed by atoms with Gasteiger partial charge in [-0.1, -0.05) is 6.92 Å². The highest BCUT2D eigenvalue weighted by molar-refractivity contribution is 6.21. The minimum atomic E-state index is -0.754. The van der Waals surface area contributed by atoms with Crippen molar-refractivity contribution in [1.29, 1.82) is 0 Å². The molecule has 1 fully saturated rings. The Morgan fingerprint density at radius 2 is 2.11 bits per heavy atom. The van der Waals surface area contributed by atoms with Crippen LogP contribution in [0.2, 0.25) is 0 Å². The van der Waals surface area contributed by atoms with E-state index in [-0.39, 0.29) is 5.38 Å². The molecule has 0 aromatic carbocycles. The molecule has 0 aliphatic heterocycles. The lowest BCUT2D eigenvalue weighted by atomic mass is 9.89. The van der Waals surface area contributed by atoms with Crippen molar-refractivity contribution in [3.8, 4) is 0 Å². The normalized spacial score (nSPS) is 45.0. The molecule has 0 amide bonds. The fraction of sp³-hybridized carbons (Fsp3) is 1.00. The second-order valence-corrected chi connectivity index (χ2v) is 3.51.